The van der Waals surface area contributed by atoms with Crippen LogP contribution in [-0.4, -0.2) is 108 Å². The third kappa shape index (κ3) is 6.98. The number of alkyl halides is 3. The topological polar surface area (TPSA) is 142 Å². The van der Waals surface area contributed by atoms with Crippen molar-refractivity contribution in [2.75, 3.05) is 72.0 Å². The van der Waals surface area contributed by atoms with E-state index in [1.807, 2.05) is 13.8 Å². The first kappa shape index (κ1) is 37.6. The molecule has 3 aliphatic heterocycles. The average Bonchev–Trinajstić information content (AvgIpc) is 3.66. The normalized spacial score (nSPS) is 18.9. The van der Waals surface area contributed by atoms with Crippen LogP contribution in [0.2, 0.25) is 0 Å². The minimum absolute atomic E-state index is 0.0851. The maximum atomic E-state index is 14.4. The Hall–Kier alpha value is -4.19. The van der Waals surface area contributed by atoms with Gasteiger partial charge in [-0.15, -0.1) is 0 Å². The van der Waals surface area contributed by atoms with Crippen molar-refractivity contribution in [1.29, 1.82) is 0 Å². The van der Waals surface area contributed by atoms with E-state index in [0.29, 0.717) is 31.1 Å². The largest absolute Gasteiger partial charge is 0.496 e. The number of benzene rings is 2. The van der Waals surface area contributed by atoms with Gasteiger partial charge in [0, 0.05) is 68.6 Å². The number of rotatable bonds is 8. The standard InChI is InChI=1S/C35H42F3N5O8S/c1-20-14-27(41-13-12-40(3)23(17-41)19-49-4)21(2)31-29(20)24-8-11-42(18-25(24)34(46)51-31)33(45)22-15-26(35(36,37)38)30(28(16-22)50-5)32(44)39-52(47,48)43-9-6-7-10-43/h14-16,23H,6-13,17-19H2,1-5H3,(H,39,44)/t23-/m1/s1. The van der Waals surface area contributed by atoms with E-state index in [4.69, 9.17) is 13.9 Å². The predicted molar refractivity (Wildman–Crippen MR) is 186 cm³/mol. The number of carbonyl (C=O) groups excluding carboxylic acids is 2. The quantitative estimate of drug-likeness (QED) is 0.341. The number of aryl methyl sites for hydroxylation is 2. The van der Waals surface area contributed by atoms with Gasteiger partial charge in [-0.2, -0.15) is 25.9 Å². The Labute approximate surface area is 299 Å². The van der Waals surface area contributed by atoms with E-state index in [0.717, 1.165) is 64.9 Å². The minimum atomic E-state index is -5.16. The van der Waals surface area contributed by atoms with Gasteiger partial charge in [0.2, 0.25) is 0 Å². The number of hydrogen-bond donors (Lipinski definition) is 1. The molecule has 3 aromatic rings. The zero-order valence-electron chi connectivity index (χ0n) is 29.7. The van der Waals surface area contributed by atoms with E-state index in [9.17, 15) is 36.0 Å². The smallest absolute Gasteiger partial charge is 0.417 e. The highest BCUT2D eigenvalue weighted by Crippen LogP contribution is 2.39. The Bertz CT molecular complexity index is 2080. The molecule has 0 spiro atoms. The number of nitrogens with zero attached hydrogens (tertiary/aromatic N) is 4. The van der Waals surface area contributed by atoms with Crippen molar-refractivity contribution in [3.63, 3.8) is 0 Å². The summed E-state index contributed by atoms with van der Waals surface area (Å²) in [6.45, 7) is 6.87. The van der Waals surface area contributed by atoms with Gasteiger partial charge in [0.1, 0.15) is 11.3 Å². The molecule has 1 aromatic heterocycles. The lowest BCUT2D eigenvalue weighted by molar-refractivity contribution is -0.138. The number of likely N-dealkylation sites (N-methyl/N-ethyl adjacent to an activating group) is 1. The van der Waals surface area contributed by atoms with E-state index in [1.54, 1.807) is 11.8 Å². The van der Waals surface area contributed by atoms with Gasteiger partial charge in [-0.05, 0) is 69.5 Å². The zero-order valence-corrected chi connectivity index (χ0v) is 30.5. The van der Waals surface area contributed by atoms with Crippen molar-refractivity contribution in [3.8, 4) is 5.75 Å². The van der Waals surface area contributed by atoms with Crippen molar-refractivity contribution < 1.29 is 45.1 Å². The monoisotopic (exact) mass is 749 g/mol. The van der Waals surface area contributed by atoms with Crippen LogP contribution in [0.25, 0.3) is 11.0 Å². The molecule has 0 aliphatic carbocycles. The number of amides is 2. The lowest BCUT2D eigenvalue weighted by atomic mass is 9.92. The van der Waals surface area contributed by atoms with Crippen LogP contribution in [0.1, 0.15) is 61.4 Å². The summed E-state index contributed by atoms with van der Waals surface area (Å²) < 4.78 is 87.9. The van der Waals surface area contributed by atoms with E-state index in [-0.39, 0.29) is 44.2 Å². The van der Waals surface area contributed by atoms with Crippen LogP contribution >= 0.6 is 0 Å². The number of halogens is 3. The Balaban J connectivity index is 1.31. The molecule has 0 unspecified atom stereocenters. The van der Waals surface area contributed by atoms with Crippen LogP contribution in [0.15, 0.2) is 27.4 Å². The number of carbonyl (C=O) groups is 2. The first-order valence-electron chi connectivity index (χ1n) is 17.0. The van der Waals surface area contributed by atoms with Crippen molar-refractivity contribution in [3.05, 3.63) is 67.6 Å². The number of hydrogen-bond acceptors (Lipinski definition) is 10. The molecule has 3 aliphatic rings. The Kier molecular flexibility index (Phi) is 10.3. The van der Waals surface area contributed by atoms with Crippen molar-refractivity contribution >= 4 is 38.7 Å². The van der Waals surface area contributed by atoms with Crippen LogP contribution < -0.4 is 20.0 Å². The highest BCUT2D eigenvalue weighted by Gasteiger charge is 2.41. The molecular weight excluding hydrogens is 707 g/mol. The van der Waals surface area contributed by atoms with Gasteiger partial charge in [0.05, 0.1) is 43.0 Å². The van der Waals surface area contributed by atoms with E-state index in [2.05, 4.69) is 22.9 Å². The first-order chi connectivity index (χ1) is 24.5. The minimum Gasteiger partial charge on any atom is -0.496 e. The molecule has 1 atom stereocenters. The van der Waals surface area contributed by atoms with Gasteiger partial charge in [-0.1, -0.05) is 0 Å². The fraction of sp³-hybridized carbons (Fsp3) is 0.514. The predicted octanol–water partition coefficient (Wildman–Crippen LogP) is 3.47. The van der Waals surface area contributed by atoms with Crippen LogP contribution in [0.3, 0.4) is 0 Å². The van der Waals surface area contributed by atoms with Crippen LogP contribution in [-0.2, 0) is 34.1 Å². The Morgan fingerprint density at radius 2 is 1.73 bits per heavy atom. The maximum Gasteiger partial charge on any atom is 0.417 e. The molecule has 2 fully saturated rings. The summed E-state index contributed by atoms with van der Waals surface area (Å²) in [5.41, 5.74) is 0.357. The number of ether oxygens (including phenoxy) is 2. The fourth-order valence-corrected chi connectivity index (χ4v) is 8.70. The molecule has 17 heteroatoms. The first-order valence-corrected chi connectivity index (χ1v) is 18.4. The summed E-state index contributed by atoms with van der Waals surface area (Å²) in [5, 5.41) is 0.769. The molecule has 0 bridgehead atoms. The van der Waals surface area contributed by atoms with E-state index < -0.39 is 56.3 Å². The van der Waals surface area contributed by atoms with Gasteiger partial charge in [-0.25, -0.2) is 9.52 Å². The molecule has 13 nitrogen and oxygen atoms in total. The summed E-state index contributed by atoms with van der Waals surface area (Å²) in [4.78, 5) is 46.2. The molecule has 0 radical (unpaired) electrons. The fourth-order valence-electron chi connectivity index (χ4n) is 7.49. The second-order valence-electron chi connectivity index (χ2n) is 13.5. The van der Waals surface area contributed by atoms with Crippen molar-refractivity contribution in [2.45, 2.75) is 51.9 Å². The molecular formula is C35H42F3N5O8S. The molecule has 2 aromatic carbocycles. The van der Waals surface area contributed by atoms with Crippen LogP contribution in [0.5, 0.6) is 5.75 Å². The Morgan fingerprint density at radius 3 is 2.38 bits per heavy atom. The number of piperazine rings is 1. The van der Waals surface area contributed by atoms with Crippen molar-refractivity contribution in [2.24, 2.45) is 0 Å². The molecule has 1 N–H and O–H groups in total. The molecule has 4 heterocycles. The van der Waals surface area contributed by atoms with Gasteiger partial charge in [-0.3, -0.25) is 14.5 Å². The summed E-state index contributed by atoms with van der Waals surface area (Å²) >= 11 is 0. The molecule has 2 amide bonds. The molecule has 6 rings (SSSR count). The van der Waals surface area contributed by atoms with E-state index in [1.165, 1.54) is 4.90 Å². The molecule has 0 saturated carbocycles. The number of fused-ring (bicyclic) bond motifs is 3. The number of nitrogens with one attached hydrogen (secondary N) is 1. The van der Waals surface area contributed by atoms with Crippen LogP contribution in [0.4, 0.5) is 18.9 Å². The average molecular weight is 750 g/mol. The lowest BCUT2D eigenvalue weighted by Gasteiger charge is -2.41. The third-order valence-electron chi connectivity index (χ3n) is 10.3. The highest BCUT2D eigenvalue weighted by atomic mass is 32.2. The summed E-state index contributed by atoms with van der Waals surface area (Å²) in [7, 11) is 0.327. The van der Waals surface area contributed by atoms with Gasteiger partial charge >= 0.3 is 22.0 Å². The van der Waals surface area contributed by atoms with Gasteiger partial charge in [0.15, 0.2) is 0 Å². The second-order valence-corrected chi connectivity index (χ2v) is 15.2. The Morgan fingerprint density at radius 1 is 1.02 bits per heavy atom. The van der Waals surface area contributed by atoms with Crippen LogP contribution in [0, 0.1) is 13.8 Å². The zero-order chi connectivity index (χ0) is 37.7. The number of anilines is 1. The van der Waals surface area contributed by atoms with Crippen molar-refractivity contribution in [1.82, 2.24) is 18.8 Å². The van der Waals surface area contributed by atoms with E-state index >= 15 is 0 Å². The second kappa shape index (κ2) is 14.3. The van der Waals surface area contributed by atoms with Gasteiger partial charge < -0.3 is 23.7 Å². The maximum absolute atomic E-state index is 14.4. The lowest BCUT2D eigenvalue weighted by Crippen LogP contribution is -2.53. The third-order valence-corrected chi connectivity index (χ3v) is 11.8. The SMILES string of the molecule is COC[C@H]1CN(c2cc(C)c3c4c(c(=O)oc3c2C)CN(C(=O)c2cc(OC)c(C(=O)NS(=O)(=O)N3CCCC3)c(C(F)(F)F)c2)CC4)CCN1C. The molecule has 52 heavy (non-hydrogen) atoms. The summed E-state index contributed by atoms with van der Waals surface area (Å²) in [6, 6.07) is 3.73. The summed E-state index contributed by atoms with van der Waals surface area (Å²) in [6.07, 6.45) is -3.82. The summed E-state index contributed by atoms with van der Waals surface area (Å²) in [5.74, 6) is -3.01. The number of methoxy groups -OCH3 is 2. The molecule has 2 saturated heterocycles. The molecule has 282 valence electrons. The highest BCUT2D eigenvalue weighted by molar-refractivity contribution is 7.87. The van der Waals surface area contributed by atoms with Gasteiger partial charge in [0.25, 0.3) is 11.8 Å².